The molecule has 0 atom stereocenters. The van der Waals surface area contributed by atoms with Gasteiger partial charge in [0.05, 0.1) is 0 Å². The van der Waals surface area contributed by atoms with Crippen molar-refractivity contribution in [2.24, 2.45) is 5.92 Å². The van der Waals surface area contributed by atoms with Crippen molar-refractivity contribution in [1.82, 2.24) is 14.9 Å². The Balaban J connectivity index is 1.28. The highest BCUT2D eigenvalue weighted by atomic mass is 15.3. The minimum Gasteiger partial charge on any atom is -0.369 e. The monoisotopic (exact) mass is 480 g/mol. The fourth-order valence-electron chi connectivity index (χ4n) is 5.41. The third kappa shape index (κ3) is 6.03. The van der Waals surface area contributed by atoms with Gasteiger partial charge in [-0.15, -0.1) is 0 Å². The number of nitriles is 1. The molecule has 2 aliphatic rings. The number of benzene rings is 2. The van der Waals surface area contributed by atoms with Gasteiger partial charge in [0.1, 0.15) is 11.8 Å². The molecule has 2 fully saturated rings. The van der Waals surface area contributed by atoms with E-state index in [0.29, 0.717) is 17.6 Å². The number of rotatable bonds is 7. The lowest BCUT2D eigenvalue weighted by molar-refractivity contribution is 0.313. The minimum atomic E-state index is 0.420. The lowest BCUT2D eigenvalue weighted by Gasteiger charge is -2.34. The fraction of sp³-hybridized carbons (Fsp3) is 0.433. The minimum absolute atomic E-state index is 0.420. The molecule has 1 saturated carbocycles. The number of hydrogen-bond donors (Lipinski definition) is 0. The predicted octanol–water partition coefficient (Wildman–Crippen LogP) is 5.35. The Morgan fingerprint density at radius 2 is 1.56 bits per heavy atom. The second-order valence-corrected chi connectivity index (χ2v) is 10.3. The highest BCUT2D eigenvalue weighted by Gasteiger charge is 2.20. The Kier molecular flexibility index (Phi) is 7.78. The third-order valence-corrected chi connectivity index (χ3v) is 7.64. The van der Waals surface area contributed by atoms with Gasteiger partial charge in [0.2, 0.25) is 5.95 Å². The molecule has 6 heteroatoms. The van der Waals surface area contributed by atoms with E-state index in [1.54, 1.807) is 12.3 Å². The molecule has 2 aromatic carbocycles. The summed E-state index contributed by atoms with van der Waals surface area (Å²) in [6.45, 7) is 6.09. The van der Waals surface area contributed by atoms with Crippen LogP contribution in [0, 0.1) is 17.2 Å². The maximum atomic E-state index is 9.33. The van der Waals surface area contributed by atoms with Gasteiger partial charge in [-0.3, -0.25) is 0 Å². The number of likely N-dealkylation sites (N-methyl/N-ethyl adjacent to an activating group) is 1. The van der Waals surface area contributed by atoms with Crippen molar-refractivity contribution in [1.29, 1.82) is 5.26 Å². The molecule has 0 N–H and O–H groups in total. The zero-order valence-corrected chi connectivity index (χ0v) is 21.3. The SMILES string of the molecule is CN1CCN(c2ccc(-c3ccc(CN(CC4CCCCC4)c4nccc(C#N)n4)cc3)cc2)CC1. The summed E-state index contributed by atoms with van der Waals surface area (Å²) in [7, 11) is 2.19. The van der Waals surface area contributed by atoms with E-state index < -0.39 is 0 Å². The van der Waals surface area contributed by atoms with Crippen LogP contribution in [0.1, 0.15) is 43.4 Å². The first kappa shape index (κ1) is 24.3. The quantitative estimate of drug-likeness (QED) is 0.454. The van der Waals surface area contributed by atoms with Gasteiger partial charge in [-0.2, -0.15) is 5.26 Å². The molecular weight excluding hydrogens is 444 g/mol. The van der Waals surface area contributed by atoms with E-state index in [0.717, 1.165) is 39.3 Å². The smallest absolute Gasteiger partial charge is 0.226 e. The van der Waals surface area contributed by atoms with Gasteiger partial charge >= 0.3 is 0 Å². The topological polar surface area (TPSA) is 59.3 Å². The molecule has 5 rings (SSSR count). The average molecular weight is 481 g/mol. The second kappa shape index (κ2) is 11.5. The van der Waals surface area contributed by atoms with Crippen LogP contribution < -0.4 is 9.80 Å². The van der Waals surface area contributed by atoms with Gasteiger partial charge in [0, 0.05) is 51.2 Å². The van der Waals surface area contributed by atoms with Gasteiger partial charge in [-0.25, -0.2) is 9.97 Å². The van der Waals surface area contributed by atoms with Crippen molar-refractivity contribution in [3.63, 3.8) is 0 Å². The van der Waals surface area contributed by atoms with E-state index in [9.17, 15) is 5.26 Å². The molecule has 2 heterocycles. The molecule has 36 heavy (non-hydrogen) atoms. The number of aromatic nitrogens is 2. The van der Waals surface area contributed by atoms with Gasteiger partial charge in [-0.05, 0) is 60.7 Å². The summed E-state index contributed by atoms with van der Waals surface area (Å²) in [5.74, 6) is 1.31. The molecule has 1 aliphatic carbocycles. The molecule has 0 spiro atoms. The van der Waals surface area contributed by atoms with Crippen molar-refractivity contribution in [2.45, 2.75) is 38.6 Å². The van der Waals surface area contributed by atoms with Crippen LogP contribution in [-0.2, 0) is 6.54 Å². The molecule has 1 aliphatic heterocycles. The largest absolute Gasteiger partial charge is 0.369 e. The number of anilines is 2. The molecular formula is C30H36N6. The van der Waals surface area contributed by atoms with E-state index in [1.165, 1.54) is 54.5 Å². The number of piperazine rings is 1. The maximum absolute atomic E-state index is 9.33. The van der Waals surface area contributed by atoms with Gasteiger partial charge < -0.3 is 14.7 Å². The summed E-state index contributed by atoms with van der Waals surface area (Å²) in [5.41, 5.74) is 5.42. The lowest BCUT2D eigenvalue weighted by atomic mass is 9.89. The Morgan fingerprint density at radius 1 is 0.889 bits per heavy atom. The van der Waals surface area contributed by atoms with Crippen LogP contribution in [0.2, 0.25) is 0 Å². The number of hydrogen-bond acceptors (Lipinski definition) is 6. The zero-order chi connectivity index (χ0) is 24.7. The highest BCUT2D eigenvalue weighted by molar-refractivity contribution is 5.66. The molecule has 0 unspecified atom stereocenters. The Hall–Kier alpha value is -3.43. The van der Waals surface area contributed by atoms with Crippen molar-refractivity contribution in [3.8, 4) is 17.2 Å². The Bertz CT molecular complexity index is 1150. The standard InChI is InChI=1S/C30H36N6/c1-34-17-19-35(20-18-34)29-13-11-27(12-14-29)26-9-7-25(8-10-26)23-36(22-24-5-3-2-4-6-24)30-32-16-15-28(21-31)33-30/h7-16,24H,2-6,17-20,22-23H2,1H3. The fourth-order valence-corrected chi connectivity index (χ4v) is 5.41. The van der Waals surface area contributed by atoms with E-state index in [4.69, 9.17) is 0 Å². The molecule has 1 saturated heterocycles. The van der Waals surface area contributed by atoms with E-state index in [2.05, 4.69) is 86.3 Å². The predicted molar refractivity (Wildman–Crippen MR) is 146 cm³/mol. The van der Waals surface area contributed by atoms with Crippen molar-refractivity contribution in [3.05, 3.63) is 72.1 Å². The normalized spacial score (nSPS) is 17.1. The highest BCUT2D eigenvalue weighted by Crippen LogP contribution is 2.28. The van der Waals surface area contributed by atoms with Crippen LogP contribution in [0.15, 0.2) is 60.8 Å². The lowest BCUT2D eigenvalue weighted by Crippen LogP contribution is -2.44. The summed E-state index contributed by atoms with van der Waals surface area (Å²) >= 11 is 0. The van der Waals surface area contributed by atoms with E-state index in [1.807, 2.05) is 0 Å². The van der Waals surface area contributed by atoms with Crippen molar-refractivity contribution in [2.75, 3.05) is 49.6 Å². The van der Waals surface area contributed by atoms with E-state index >= 15 is 0 Å². The first-order valence-electron chi connectivity index (χ1n) is 13.3. The van der Waals surface area contributed by atoms with Crippen LogP contribution in [0.4, 0.5) is 11.6 Å². The molecule has 6 nitrogen and oxygen atoms in total. The number of nitrogens with zero attached hydrogens (tertiary/aromatic N) is 6. The zero-order valence-electron chi connectivity index (χ0n) is 21.3. The van der Waals surface area contributed by atoms with Crippen molar-refractivity contribution >= 4 is 11.6 Å². The van der Waals surface area contributed by atoms with Gasteiger partial charge in [0.25, 0.3) is 0 Å². The van der Waals surface area contributed by atoms with Gasteiger partial charge in [0.15, 0.2) is 0 Å². The second-order valence-electron chi connectivity index (χ2n) is 10.3. The molecule has 0 bridgehead atoms. The van der Waals surface area contributed by atoms with Crippen LogP contribution >= 0.6 is 0 Å². The summed E-state index contributed by atoms with van der Waals surface area (Å²) in [4.78, 5) is 16.2. The molecule has 0 amide bonds. The van der Waals surface area contributed by atoms with Crippen LogP contribution in [0.25, 0.3) is 11.1 Å². The molecule has 1 aromatic heterocycles. The Morgan fingerprint density at radius 3 is 2.22 bits per heavy atom. The van der Waals surface area contributed by atoms with Crippen LogP contribution in [0.3, 0.4) is 0 Å². The summed E-state index contributed by atoms with van der Waals surface area (Å²) in [5, 5.41) is 9.33. The van der Waals surface area contributed by atoms with Gasteiger partial charge in [-0.1, -0.05) is 55.7 Å². The summed E-state index contributed by atoms with van der Waals surface area (Å²) in [6, 6.07) is 21.7. The van der Waals surface area contributed by atoms with Crippen LogP contribution in [-0.4, -0.2) is 54.6 Å². The average Bonchev–Trinajstić information content (AvgIpc) is 2.94. The van der Waals surface area contributed by atoms with Crippen molar-refractivity contribution < 1.29 is 0 Å². The summed E-state index contributed by atoms with van der Waals surface area (Å²) < 4.78 is 0. The summed E-state index contributed by atoms with van der Waals surface area (Å²) in [6.07, 6.45) is 8.17. The Labute approximate surface area is 215 Å². The third-order valence-electron chi connectivity index (χ3n) is 7.64. The molecule has 3 aromatic rings. The first-order chi connectivity index (χ1) is 17.7. The molecule has 0 radical (unpaired) electrons. The van der Waals surface area contributed by atoms with Crippen LogP contribution in [0.5, 0.6) is 0 Å². The first-order valence-corrected chi connectivity index (χ1v) is 13.3. The molecule has 186 valence electrons. The van der Waals surface area contributed by atoms with E-state index in [-0.39, 0.29) is 0 Å². The maximum Gasteiger partial charge on any atom is 0.226 e.